The lowest BCUT2D eigenvalue weighted by Gasteiger charge is -2.23. The summed E-state index contributed by atoms with van der Waals surface area (Å²) in [5.74, 6) is 0.643. The molecule has 29 heavy (non-hydrogen) atoms. The summed E-state index contributed by atoms with van der Waals surface area (Å²) in [4.78, 5) is 16.7. The van der Waals surface area contributed by atoms with E-state index in [0.29, 0.717) is 11.3 Å². The van der Waals surface area contributed by atoms with E-state index in [1.54, 1.807) is 31.4 Å². The summed E-state index contributed by atoms with van der Waals surface area (Å²) in [6, 6.07) is 18.3. The third-order valence-corrected chi connectivity index (χ3v) is 5.93. The maximum atomic E-state index is 13.1. The highest BCUT2D eigenvalue weighted by atomic mass is 32.2. The van der Waals surface area contributed by atoms with Gasteiger partial charge in [0.15, 0.2) is 0 Å². The van der Waals surface area contributed by atoms with E-state index in [0.717, 1.165) is 9.87 Å². The lowest BCUT2D eigenvalue weighted by atomic mass is 10.2. The van der Waals surface area contributed by atoms with Crippen LogP contribution in [-0.4, -0.2) is 30.8 Å². The van der Waals surface area contributed by atoms with Gasteiger partial charge in [-0.3, -0.25) is 4.98 Å². The third-order valence-electron chi connectivity index (χ3n) is 4.22. The zero-order chi connectivity index (χ0) is 20.7. The van der Waals surface area contributed by atoms with Crippen molar-refractivity contribution in [2.24, 2.45) is 0 Å². The molecule has 0 fully saturated rings. The van der Waals surface area contributed by atoms with Crippen LogP contribution in [0, 0.1) is 0 Å². The van der Waals surface area contributed by atoms with Crippen LogP contribution in [0.4, 0.5) is 4.79 Å². The summed E-state index contributed by atoms with van der Waals surface area (Å²) in [5.41, 5.74) is 1.51. The number of nitrogens with zero attached hydrogens (tertiary/aromatic N) is 2. The van der Waals surface area contributed by atoms with Gasteiger partial charge >= 0.3 is 6.03 Å². The normalized spacial score (nSPS) is 10.9. The van der Waals surface area contributed by atoms with Crippen LogP contribution < -0.4 is 10.1 Å². The monoisotopic (exact) mass is 411 g/mol. The van der Waals surface area contributed by atoms with Crippen LogP contribution in [0.25, 0.3) is 0 Å². The largest absolute Gasteiger partial charge is 0.497 e. The molecule has 0 aliphatic rings. The highest BCUT2D eigenvalue weighted by molar-refractivity contribution is 7.89. The minimum Gasteiger partial charge on any atom is -0.497 e. The van der Waals surface area contributed by atoms with Gasteiger partial charge in [-0.1, -0.05) is 42.5 Å². The highest BCUT2D eigenvalue weighted by Gasteiger charge is 2.29. The van der Waals surface area contributed by atoms with Gasteiger partial charge < -0.3 is 10.1 Å². The Morgan fingerprint density at radius 1 is 1.00 bits per heavy atom. The van der Waals surface area contributed by atoms with E-state index in [-0.39, 0.29) is 18.0 Å². The van der Waals surface area contributed by atoms with Crippen molar-refractivity contribution in [3.05, 3.63) is 90.3 Å². The quantitative estimate of drug-likeness (QED) is 0.645. The van der Waals surface area contributed by atoms with E-state index < -0.39 is 16.1 Å². The number of pyridine rings is 1. The molecular formula is C21H21N3O4S. The van der Waals surface area contributed by atoms with E-state index >= 15 is 0 Å². The topological polar surface area (TPSA) is 88.6 Å². The lowest BCUT2D eigenvalue weighted by Crippen LogP contribution is -2.43. The standard InChI is InChI=1S/C21H21N3O4S/c1-28-19-11-9-18(10-12-19)16-24(29(26,27)20-8-5-13-22-15-20)21(25)23-14-17-6-3-2-4-7-17/h2-13,15H,14,16H2,1H3,(H,23,25). The SMILES string of the molecule is COc1ccc(CN(C(=O)NCc2ccccc2)S(=O)(=O)c2cccnc2)cc1. The zero-order valence-electron chi connectivity index (χ0n) is 15.9. The van der Waals surface area contributed by atoms with E-state index in [9.17, 15) is 13.2 Å². The fraction of sp³-hybridized carbons (Fsp3) is 0.143. The summed E-state index contributed by atoms with van der Waals surface area (Å²) < 4.78 is 32.2. The van der Waals surface area contributed by atoms with Crippen LogP contribution in [0.5, 0.6) is 5.75 Å². The molecule has 3 aromatic rings. The molecule has 0 aliphatic carbocycles. The van der Waals surface area contributed by atoms with Crippen LogP contribution in [0.15, 0.2) is 84.0 Å². The fourth-order valence-electron chi connectivity index (χ4n) is 2.65. The Morgan fingerprint density at radius 3 is 2.34 bits per heavy atom. The Morgan fingerprint density at radius 2 is 1.72 bits per heavy atom. The molecule has 2 aromatic carbocycles. The molecule has 0 saturated heterocycles. The zero-order valence-corrected chi connectivity index (χ0v) is 16.7. The summed E-state index contributed by atoms with van der Waals surface area (Å²) >= 11 is 0. The molecule has 2 amide bonds. The van der Waals surface area contributed by atoms with Crippen LogP contribution >= 0.6 is 0 Å². The molecule has 0 radical (unpaired) electrons. The second kappa shape index (κ2) is 9.20. The third kappa shape index (κ3) is 5.11. The van der Waals surface area contributed by atoms with Gasteiger partial charge in [0.1, 0.15) is 10.6 Å². The van der Waals surface area contributed by atoms with Crippen molar-refractivity contribution < 1.29 is 17.9 Å². The molecule has 0 unspecified atom stereocenters. The predicted octanol–water partition coefficient (Wildman–Crippen LogP) is 3.19. The second-order valence-corrected chi connectivity index (χ2v) is 8.06. The first kappa shape index (κ1) is 20.3. The minimum absolute atomic E-state index is 0.0524. The molecule has 0 aliphatic heterocycles. The van der Waals surface area contributed by atoms with Gasteiger partial charge in [-0.15, -0.1) is 0 Å². The van der Waals surface area contributed by atoms with E-state index in [2.05, 4.69) is 10.3 Å². The predicted molar refractivity (Wildman–Crippen MR) is 109 cm³/mol. The number of urea groups is 1. The van der Waals surface area contributed by atoms with Gasteiger partial charge in [0.05, 0.1) is 13.7 Å². The average molecular weight is 411 g/mol. The van der Waals surface area contributed by atoms with Crippen molar-refractivity contribution in [3.63, 3.8) is 0 Å². The molecule has 0 atom stereocenters. The first-order chi connectivity index (χ1) is 14.0. The number of sulfonamides is 1. The average Bonchev–Trinajstić information content (AvgIpc) is 2.77. The lowest BCUT2D eigenvalue weighted by molar-refractivity contribution is 0.221. The Kier molecular flexibility index (Phi) is 6.46. The van der Waals surface area contributed by atoms with Gasteiger partial charge in [-0.05, 0) is 35.4 Å². The van der Waals surface area contributed by atoms with Gasteiger partial charge in [0, 0.05) is 18.9 Å². The number of amides is 2. The smallest absolute Gasteiger partial charge is 0.331 e. The van der Waals surface area contributed by atoms with E-state index in [4.69, 9.17) is 4.74 Å². The van der Waals surface area contributed by atoms with Crippen LogP contribution in [0.3, 0.4) is 0 Å². The van der Waals surface area contributed by atoms with Crippen molar-refractivity contribution in [2.75, 3.05) is 7.11 Å². The molecular weight excluding hydrogens is 390 g/mol. The number of nitrogens with one attached hydrogen (secondary N) is 1. The van der Waals surface area contributed by atoms with Crippen molar-refractivity contribution in [1.29, 1.82) is 0 Å². The van der Waals surface area contributed by atoms with Crippen molar-refractivity contribution in [2.45, 2.75) is 18.0 Å². The number of carbonyl (C=O) groups excluding carboxylic acids is 1. The van der Waals surface area contributed by atoms with Gasteiger partial charge in [0.25, 0.3) is 10.0 Å². The van der Waals surface area contributed by atoms with Gasteiger partial charge in [0.2, 0.25) is 0 Å². The van der Waals surface area contributed by atoms with Crippen LogP contribution in [0.1, 0.15) is 11.1 Å². The molecule has 150 valence electrons. The highest BCUT2D eigenvalue weighted by Crippen LogP contribution is 2.19. The van der Waals surface area contributed by atoms with Crippen molar-refractivity contribution in [1.82, 2.24) is 14.6 Å². The molecule has 1 aromatic heterocycles. The molecule has 0 spiro atoms. The summed E-state index contributed by atoms with van der Waals surface area (Å²) in [6.45, 7) is 0.0865. The van der Waals surface area contributed by atoms with E-state index in [1.807, 2.05) is 30.3 Å². The number of benzene rings is 2. The maximum absolute atomic E-state index is 13.1. The molecule has 1 N–H and O–H groups in total. The summed E-state index contributed by atoms with van der Waals surface area (Å²) in [7, 11) is -2.54. The Balaban J connectivity index is 1.86. The first-order valence-electron chi connectivity index (χ1n) is 8.88. The van der Waals surface area contributed by atoms with Crippen molar-refractivity contribution in [3.8, 4) is 5.75 Å². The molecule has 7 nitrogen and oxygen atoms in total. The number of methoxy groups -OCH3 is 1. The molecule has 3 rings (SSSR count). The minimum atomic E-state index is -4.09. The molecule has 0 saturated carbocycles. The molecule has 1 heterocycles. The Labute approximate surface area is 170 Å². The second-order valence-electron chi connectivity index (χ2n) is 6.19. The van der Waals surface area contributed by atoms with Gasteiger partial charge in [-0.2, -0.15) is 0 Å². The number of hydrogen-bond donors (Lipinski definition) is 1. The maximum Gasteiger partial charge on any atom is 0.331 e. The Bertz CT molecular complexity index is 1040. The first-order valence-corrected chi connectivity index (χ1v) is 10.3. The number of rotatable bonds is 7. The summed E-state index contributed by atoms with van der Waals surface area (Å²) in [5, 5.41) is 2.68. The van der Waals surface area contributed by atoms with E-state index in [1.165, 1.54) is 24.5 Å². The number of aromatic nitrogens is 1. The number of carbonyl (C=O) groups is 1. The summed E-state index contributed by atoms with van der Waals surface area (Å²) in [6.07, 6.45) is 2.70. The molecule has 8 heteroatoms. The number of ether oxygens (including phenoxy) is 1. The molecule has 0 bridgehead atoms. The van der Waals surface area contributed by atoms with Crippen molar-refractivity contribution >= 4 is 16.1 Å². The van der Waals surface area contributed by atoms with Gasteiger partial charge in [-0.25, -0.2) is 17.5 Å². The van der Waals surface area contributed by atoms with Crippen LogP contribution in [-0.2, 0) is 23.1 Å². The number of hydrogen-bond acceptors (Lipinski definition) is 5. The Hall–Kier alpha value is -3.39. The van der Waals surface area contributed by atoms with Crippen LogP contribution in [0.2, 0.25) is 0 Å². The fourth-order valence-corrected chi connectivity index (χ4v) is 3.95.